The maximum absolute atomic E-state index is 12.4. The average molecular weight is 303 g/mol. The van der Waals surface area contributed by atoms with Crippen molar-refractivity contribution in [1.29, 1.82) is 0 Å². The fraction of sp³-hybridized carbons (Fsp3) is 0.562. The van der Waals surface area contributed by atoms with Crippen molar-refractivity contribution in [1.82, 2.24) is 14.1 Å². The molecular formula is C16H21N3O3. The zero-order chi connectivity index (χ0) is 16.2. The zero-order valence-corrected chi connectivity index (χ0v) is 13.3. The van der Waals surface area contributed by atoms with Crippen LogP contribution in [0, 0.1) is 11.3 Å². The van der Waals surface area contributed by atoms with Crippen LogP contribution < -0.4 is 5.69 Å². The quantitative estimate of drug-likeness (QED) is 0.940. The van der Waals surface area contributed by atoms with E-state index in [1.54, 1.807) is 16.2 Å². The van der Waals surface area contributed by atoms with Crippen LogP contribution in [0.25, 0.3) is 11.2 Å². The van der Waals surface area contributed by atoms with E-state index in [4.69, 9.17) is 5.11 Å². The van der Waals surface area contributed by atoms with Crippen LogP contribution in [0.5, 0.6) is 0 Å². The highest BCUT2D eigenvalue weighted by Gasteiger charge is 2.45. The molecular weight excluding hydrogens is 282 g/mol. The molecule has 0 aliphatic heterocycles. The summed E-state index contributed by atoms with van der Waals surface area (Å²) in [6, 6.07) is 3.75. The Balaban J connectivity index is 2.06. The van der Waals surface area contributed by atoms with Crippen LogP contribution in [0.15, 0.2) is 16.9 Å². The summed E-state index contributed by atoms with van der Waals surface area (Å²) in [6.45, 7) is 6.87. The molecule has 0 aromatic carbocycles. The van der Waals surface area contributed by atoms with Gasteiger partial charge in [0.25, 0.3) is 0 Å². The molecule has 0 amide bonds. The monoisotopic (exact) mass is 303 g/mol. The molecule has 1 aliphatic rings. The molecule has 2 aromatic heterocycles. The average Bonchev–Trinajstić information content (AvgIpc) is 3.18. The van der Waals surface area contributed by atoms with Crippen LogP contribution in [0.1, 0.15) is 38.8 Å². The summed E-state index contributed by atoms with van der Waals surface area (Å²) in [5, 5.41) is 9.04. The topological polar surface area (TPSA) is 77.1 Å². The Kier molecular flexibility index (Phi) is 3.16. The van der Waals surface area contributed by atoms with Gasteiger partial charge >= 0.3 is 11.7 Å². The number of carbonyl (C=O) groups is 1. The van der Waals surface area contributed by atoms with E-state index in [0.717, 1.165) is 11.2 Å². The smallest absolute Gasteiger partial charge is 0.330 e. The second kappa shape index (κ2) is 4.69. The molecule has 1 fully saturated rings. The van der Waals surface area contributed by atoms with Crippen molar-refractivity contribution in [2.45, 2.75) is 39.7 Å². The first-order valence-corrected chi connectivity index (χ1v) is 7.48. The molecule has 3 rings (SSSR count). The summed E-state index contributed by atoms with van der Waals surface area (Å²) in [6.07, 6.45) is 0.629. The van der Waals surface area contributed by atoms with E-state index in [9.17, 15) is 9.59 Å². The van der Waals surface area contributed by atoms with Crippen molar-refractivity contribution < 1.29 is 9.90 Å². The minimum absolute atomic E-state index is 0.0122. The molecule has 0 bridgehead atoms. The minimum atomic E-state index is -0.772. The van der Waals surface area contributed by atoms with Crippen LogP contribution in [-0.2, 0) is 18.4 Å². The molecule has 2 atom stereocenters. The van der Waals surface area contributed by atoms with Gasteiger partial charge in [0.05, 0.1) is 11.4 Å². The van der Waals surface area contributed by atoms with Gasteiger partial charge in [-0.3, -0.25) is 13.9 Å². The van der Waals surface area contributed by atoms with Crippen molar-refractivity contribution >= 4 is 17.1 Å². The maximum Gasteiger partial charge on any atom is 0.330 e. The van der Waals surface area contributed by atoms with Crippen molar-refractivity contribution in [3.05, 3.63) is 28.3 Å². The van der Waals surface area contributed by atoms with Crippen LogP contribution in [0.3, 0.4) is 0 Å². The van der Waals surface area contributed by atoms with Gasteiger partial charge in [-0.25, -0.2) is 9.78 Å². The predicted octanol–water partition coefficient (Wildman–Crippen LogP) is 1.97. The van der Waals surface area contributed by atoms with Crippen molar-refractivity contribution in [3.63, 3.8) is 0 Å². The first kappa shape index (κ1) is 14.8. The lowest BCUT2D eigenvalue weighted by molar-refractivity contribution is -0.138. The summed E-state index contributed by atoms with van der Waals surface area (Å²) in [5.74, 6) is -1.13. The molecule has 1 aliphatic carbocycles. The van der Waals surface area contributed by atoms with Gasteiger partial charge in [0.2, 0.25) is 0 Å². The fourth-order valence-corrected chi connectivity index (χ4v) is 2.92. The summed E-state index contributed by atoms with van der Waals surface area (Å²) in [5.41, 5.74) is 2.10. The van der Waals surface area contributed by atoms with Crippen LogP contribution in [0.4, 0.5) is 0 Å². The first-order valence-electron chi connectivity index (χ1n) is 7.48. The van der Waals surface area contributed by atoms with Gasteiger partial charge in [-0.15, -0.1) is 0 Å². The molecule has 2 aromatic rings. The summed E-state index contributed by atoms with van der Waals surface area (Å²) in [7, 11) is 1.71. The van der Waals surface area contributed by atoms with Gasteiger partial charge in [0, 0.05) is 25.2 Å². The van der Waals surface area contributed by atoms with Crippen LogP contribution >= 0.6 is 0 Å². The minimum Gasteiger partial charge on any atom is -0.481 e. The summed E-state index contributed by atoms with van der Waals surface area (Å²) < 4.78 is 3.29. The Morgan fingerprint density at radius 2 is 2.09 bits per heavy atom. The number of carboxylic acid groups (broad SMARTS) is 1. The largest absolute Gasteiger partial charge is 0.481 e. The molecule has 0 spiro atoms. The molecule has 6 heteroatoms. The molecule has 0 saturated heterocycles. The molecule has 2 heterocycles. The number of hydrogen-bond donors (Lipinski definition) is 1. The Bertz CT molecular complexity index is 810. The lowest BCUT2D eigenvalue weighted by atomic mass is 9.97. The SMILES string of the molecule is Cn1c(=O)n(CC(C)(C)C)c2ccc([C@@H]3C[C@H]3C(=O)O)nc21. The van der Waals surface area contributed by atoms with E-state index in [1.807, 2.05) is 12.1 Å². The van der Waals surface area contributed by atoms with Crippen molar-refractivity contribution in [2.24, 2.45) is 18.4 Å². The molecule has 118 valence electrons. The molecule has 0 unspecified atom stereocenters. The maximum atomic E-state index is 12.4. The molecule has 0 radical (unpaired) electrons. The number of nitrogens with zero attached hydrogens (tertiary/aromatic N) is 3. The predicted molar refractivity (Wildman–Crippen MR) is 82.9 cm³/mol. The Labute approximate surface area is 128 Å². The Hall–Kier alpha value is -2.11. The second-order valence-corrected chi connectivity index (χ2v) is 7.35. The Morgan fingerprint density at radius 3 is 2.64 bits per heavy atom. The zero-order valence-electron chi connectivity index (χ0n) is 13.3. The lowest BCUT2D eigenvalue weighted by Gasteiger charge is -2.18. The van der Waals surface area contributed by atoms with E-state index >= 15 is 0 Å². The molecule has 6 nitrogen and oxygen atoms in total. The van der Waals surface area contributed by atoms with Crippen molar-refractivity contribution in [3.8, 4) is 0 Å². The summed E-state index contributed by atoms with van der Waals surface area (Å²) >= 11 is 0. The van der Waals surface area contributed by atoms with E-state index in [0.29, 0.717) is 18.6 Å². The number of rotatable bonds is 3. The number of carboxylic acids is 1. The van der Waals surface area contributed by atoms with Gasteiger partial charge in [-0.1, -0.05) is 20.8 Å². The highest BCUT2D eigenvalue weighted by atomic mass is 16.4. The number of aryl methyl sites for hydroxylation is 1. The summed E-state index contributed by atoms with van der Waals surface area (Å²) in [4.78, 5) is 28.0. The highest BCUT2D eigenvalue weighted by molar-refractivity contribution is 5.76. The van der Waals surface area contributed by atoms with Gasteiger partial charge in [0.15, 0.2) is 5.65 Å². The number of pyridine rings is 1. The highest BCUT2D eigenvalue weighted by Crippen LogP contribution is 2.46. The van der Waals surface area contributed by atoms with Gasteiger partial charge in [-0.05, 0) is 24.0 Å². The van der Waals surface area contributed by atoms with E-state index < -0.39 is 5.97 Å². The number of aromatic nitrogens is 3. The number of aliphatic carboxylic acids is 1. The number of imidazole rings is 1. The third kappa shape index (κ3) is 2.42. The third-order valence-electron chi connectivity index (χ3n) is 4.12. The molecule has 22 heavy (non-hydrogen) atoms. The van der Waals surface area contributed by atoms with Crippen LogP contribution in [-0.4, -0.2) is 25.2 Å². The number of fused-ring (bicyclic) bond motifs is 1. The van der Waals surface area contributed by atoms with E-state index in [1.165, 1.54) is 0 Å². The van der Waals surface area contributed by atoms with E-state index in [2.05, 4.69) is 25.8 Å². The second-order valence-electron chi connectivity index (χ2n) is 7.35. The van der Waals surface area contributed by atoms with Crippen molar-refractivity contribution in [2.75, 3.05) is 0 Å². The molecule has 1 N–H and O–H groups in total. The lowest BCUT2D eigenvalue weighted by Crippen LogP contribution is -2.27. The fourth-order valence-electron chi connectivity index (χ4n) is 2.92. The van der Waals surface area contributed by atoms with E-state index in [-0.39, 0.29) is 22.9 Å². The Morgan fingerprint density at radius 1 is 1.41 bits per heavy atom. The number of hydrogen-bond acceptors (Lipinski definition) is 3. The van der Waals surface area contributed by atoms with Gasteiger partial charge in [0.1, 0.15) is 0 Å². The van der Waals surface area contributed by atoms with Crippen LogP contribution in [0.2, 0.25) is 0 Å². The van der Waals surface area contributed by atoms with Gasteiger partial charge in [-0.2, -0.15) is 0 Å². The molecule has 1 saturated carbocycles. The normalized spacial score (nSPS) is 21.3. The standard InChI is InChI=1S/C16H21N3O3/c1-16(2,3)8-19-12-6-5-11(9-7-10(9)14(20)21)17-13(12)18(4)15(19)22/h5-6,9-10H,7-8H2,1-4H3,(H,20,21)/t9-,10-/m1/s1. The van der Waals surface area contributed by atoms with Gasteiger partial charge < -0.3 is 5.11 Å². The first-order chi connectivity index (χ1) is 10.2. The third-order valence-corrected chi connectivity index (χ3v) is 4.12.